The Balaban J connectivity index is 3.23. The van der Waals surface area contributed by atoms with Crippen molar-refractivity contribution >= 4 is 15.9 Å². The van der Waals surface area contributed by atoms with E-state index in [9.17, 15) is 13.2 Å². The molecule has 0 fully saturated rings. The first kappa shape index (κ1) is 11.5. The molecule has 0 unspecified atom stereocenters. The Labute approximate surface area is 86.9 Å². The number of aliphatic hydroxyl groups is 1. The average molecular weight is 270 g/mol. The van der Waals surface area contributed by atoms with Crippen LogP contribution in [0.1, 0.15) is 23.4 Å². The molecule has 1 aromatic heterocycles. The average Bonchev–Trinajstić information content (AvgIpc) is 2.16. The molecule has 0 bridgehead atoms. The second-order valence-corrected chi connectivity index (χ2v) is 3.11. The molecule has 78 valence electrons. The molecule has 0 aliphatic carbocycles. The van der Waals surface area contributed by atoms with Gasteiger partial charge in [0.2, 0.25) is 0 Å². The molecule has 14 heavy (non-hydrogen) atoms. The van der Waals surface area contributed by atoms with Gasteiger partial charge < -0.3 is 5.11 Å². The highest BCUT2D eigenvalue weighted by Crippen LogP contribution is 2.23. The van der Waals surface area contributed by atoms with Crippen LogP contribution < -0.4 is 0 Å². The Bertz CT molecular complexity index is 333. The SMILES string of the molecule is OCc1cc(F)c(C(F)F)nc1CBr. The molecule has 0 saturated heterocycles. The van der Waals surface area contributed by atoms with E-state index in [4.69, 9.17) is 5.11 Å². The molecule has 0 saturated carbocycles. The molecule has 1 heterocycles. The summed E-state index contributed by atoms with van der Waals surface area (Å²) in [5.74, 6) is -1.09. The molecule has 1 rings (SSSR count). The zero-order valence-corrected chi connectivity index (χ0v) is 8.56. The molecule has 1 N–H and O–H groups in total. The second-order valence-electron chi connectivity index (χ2n) is 2.55. The topological polar surface area (TPSA) is 33.1 Å². The van der Waals surface area contributed by atoms with Crippen molar-refractivity contribution in [2.24, 2.45) is 0 Å². The molecule has 0 atom stereocenters. The van der Waals surface area contributed by atoms with Gasteiger partial charge in [-0.1, -0.05) is 15.9 Å². The van der Waals surface area contributed by atoms with E-state index >= 15 is 0 Å². The Kier molecular flexibility index (Phi) is 3.88. The first-order chi connectivity index (χ1) is 6.60. The quantitative estimate of drug-likeness (QED) is 0.856. The van der Waals surface area contributed by atoms with Crippen molar-refractivity contribution in [1.82, 2.24) is 4.98 Å². The summed E-state index contributed by atoms with van der Waals surface area (Å²) in [4.78, 5) is 3.43. The van der Waals surface area contributed by atoms with Crippen LogP contribution in [-0.4, -0.2) is 10.1 Å². The molecule has 2 nitrogen and oxygen atoms in total. The van der Waals surface area contributed by atoms with Crippen molar-refractivity contribution in [3.63, 3.8) is 0 Å². The maximum Gasteiger partial charge on any atom is 0.283 e. The predicted molar refractivity (Wildman–Crippen MR) is 47.7 cm³/mol. The van der Waals surface area contributed by atoms with Gasteiger partial charge in [0, 0.05) is 10.9 Å². The Morgan fingerprint density at radius 2 is 2.14 bits per heavy atom. The number of hydrogen-bond donors (Lipinski definition) is 1. The maximum absolute atomic E-state index is 12.9. The van der Waals surface area contributed by atoms with Crippen molar-refractivity contribution in [1.29, 1.82) is 0 Å². The number of pyridine rings is 1. The number of aliphatic hydroxyl groups excluding tert-OH is 1. The van der Waals surface area contributed by atoms with E-state index in [2.05, 4.69) is 20.9 Å². The molecule has 0 aliphatic heterocycles. The van der Waals surface area contributed by atoms with Crippen LogP contribution in [0.2, 0.25) is 0 Å². The van der Waals surface area contributed by atoms with Crippen LogP contribution in [0.3, 0.4) is 0 Å². The van der Waals surface area contributed by atoms with Gasteiger partial charge in [-0.05, 0) is 6.07 Å². The van der Waals surface area contributed by atoms with Gasteiger partial charge in [-0.2, -0.15) is 0 Å². The predicted octanol–water partition coefficient (Wildman–Crippen LogP) is 2.55. The number of nitrogens with zero attached hydrogens (tertiary/aromatic N) is 1. The first-order valence-electron chi connectivity index (χ1n) is 3.73. The highest BCUT2D eigenvalue weighted by atomic mass is 79.9. The van der Waals surface area contributed by atoms with Gasteiger partial charge in [0.25, 0.3) is 6.43 Å². The van der Waals surface area contributed by atoms with Crippen molar-refractivity contribution in [3.05, 3.63) is 28.8 Å². The fourth-order valence-electron chi connectivity index (χ4n) is 0.986. The molecule has 0 aromatic carbocycles. The summed E-state index contributed by atoms with van der Waals surface area (Å²) in [6.07, 6.45) is -2.94. The lowest BCUT2D eigenvalue weighted by Crippen LogP contribution is -2.03. The van der Waals surface area contributed by atoms with Crippen molar-refractivity contribution in [2.45, 2.75) is 18.4 Å². The van der Waals surface area contributed by atoms with E-state index in [1.807, 2.05) is 0 Å². The lowest BCUT2D eigenvalue weighted by Gasteiger charge is -2.07. The summed E-state index contributed by atoms with van der Waals surface area (Å²) < 4.78 is 37.3. The molecule has 0 spiro atoms. The molecule has 1 aromatic rings. The Morgan fingerprint density at radius 3 is 2.57 bits per heavy atom. The minimum atomic E-state index is -2.94. The Hall–Kier alpha value is -0.620. The van der Waals surface area contributed by atoms with Gasteiger partial charge in [-0.15, -0.1) is 0 Å². The van der Waals surface area contributed by atoms with Gasteiger partial charge in [0.15, 0.2) is 5.82 Å². The van der Waals surface area contributed by atoms with Crippen LogP contribution >= 0.6 is 15.9 Å². The van der Waals surface area contributed by atoms with Crippen LogP contribution in [0.5, 0.6) is 0 Å². The van der Waals surface area contributed by atoms with Crippen LogP contribution in [-0.2, 0) is 11.9 Å². The smallest absolute Gasteiger partial charge is 0.283 e. The lowest BCUT2D eigenvalue weighted by molar-refractivity contribution is 0.140. The third kappa shape index (κ3) is 2.24. The van der Waals surface area contributed by atoms with Gasteiger partial charge in [-0.25, -0.2) is 18.2 Å². The molecular weight excluding hydrogens is 263 g/mol. The maximum atomic E-state index is 12.9. The normalized spacial score (nSPS) is 11.0. The number of hydrogen-bond acceptors (Lipinski definition) is 2. The van der Waals surface area contributed by atoms with E-state index in [1.54, 1.807) is 0 Å². The van der Waals surface area contributed by atoms with Crippen molar-refractivity contribution in [2.75, 3.05) is 0 Å². The standard InChI is InChI=1S/C8H7BrF3NO/c9-2-6-4(3-14)1-5(10)7(13-6)8(11)12/h1,8,14H,2-3H2. The fraction of sp³-hybridized carbons (Fsp3) is 0.375. The summed E-state index contributed by atoms with van der Waals surface area (Å²) >= 11 is 3.02. The molecule has 0 aliphatic rings. The number of alkyl halides is 3. The Morgan fingerprint density at radius 1 is 1.50 bits per heavy atom. The number of halogens is 4. The third-order valence-electron chi connectivity index (χ3n) is 1.68. The molecule has 0 amide bonds. The highest BCUT2D eigenvalue weighted by molar-refractivity contribution is 9.08. The van der Waals surface area contributed by atoms with Crippen LogP contribution in [0.15, 0.2) is 6.07 Å². The minimum absolute atomic E-state index is 0.197. The van der Waals surface area contributed by atoms with Gasteiger partial charge in [0.1, 0.15) is 5.69 Å². The van der Waals surface area contributed by atoms with E-state index < -0.39 is 24.5 Å². The van der Waals surface area contributed by atoms with E-state index in [1.165, 1.54) is 0 Å². The van der Waals surface area contributed by atoms with Crippen LogP contribution in [0, 0.1) is 5.82 Å². The van der Waals surface area contributed by atoms with Gasteiger partial charge >= 0.3 is 0 Å². The minimum Gasteiger partial charge on any atom is -0.392 e. The van der Waals surface area contributed by atoms with Gasteiger partial charge in [-0.3, -0.25) is 0 Å². The number of rotatable bonds is 3. The van der Waals surface area contributed by atoms with Crippen LogP contribution in [0.25, 0.3) is 0 Å². The first-order valence-corrected chi connectivity index (χ1v) is 4.85. The largest absolute Gasteiger partial charge is 0.392 e. The second kappa shape index (κ2) is 4.75. The van der Waals surface area contributed by atoms with Crippen molar-refractivity contribution in [3.8, 4) is 0 Å². The lowest BCUT2D eigenvalue weighted by atomic mass is 10.2. The van der Waals surface area contributed by atoms with Gasteiger partial charge in [0.05, 0.1) is 12.3 Å². The van der Waals surface area contributed by atoms with Crippen LogP contribution in [0.4, 0.5) is 13.2 Å². The summed E-state index contributed by atoms with van der Waals surface area (Å²) in [5.41, 5.74) is -0.440. The zero-order chi connectivity index (χ0) is 10.7. The summed E-state index contributed by atoms with van der Waals surface area (Å²) in [5, 5.41) is 8.99. The van der Waals surface area contributed by atoms with E-state index in [0.29, 0.717) is 0 Å². The van der Waals surface area contributed by atoms with Crippen molar-refractivity contribution < 1.29 is 18.3 Å². The number of aromatic nitrogens is 1. The van der Waals surface area contributed by atoms with E-state index in [-0.39, 0.29) is 16.6 Å². The monoisotopic (exact) mass is 269 g/mol. The van der Waals surface area contributed by atoms with E-state index in [0.717, 1.165) is 6.07 Å². The summed E-state index contributed by atoms with van der Waals surface area (Å²) in [7, 11) is 0. The molecule has 6 heteroatoms. The zero-order valence-electron chi connectivity index (χ0n) is 6.98. The highest BCUT2D eigenvalue weighted by Gasteiger charge is 2.18. The summed E-state index contributed by atoms with van der Waals surface area (Å²) in [6, 6.07) is 0.880. The summed E-state index contributed by atoms with van der Waals surface area (Å²) in [6.45, 7) is -0.422. The molecule has 0 radical (unpaired) electrons. The third-order valence-corrected chi connectivity index (χ3v) is 2.21. The fourth-order valence-corrected chi connectivity index (χ4v) is 1.47. The molecular formula is C8H7BrF3NO.